The van der Waals surface area contributed by atoms with Gasteiger partial charge in [0.25, 0.3) is 17.4 Å². The Bertz CT molecular complexity index is 1340. The van der Waals surface area contributed by atoms with E-state index in [1.807, 2.05) is 30.3 Å². The van der Waals surface area contributed by atoms with Gasteiger partial charge in [-0.3, -0.25) is 24.0 Å². The molecule has 0 radical (unpaired) electrons. The fraction of sp³-hybridized carbons (Fsp3) is 0.0833. The minimum atomic E-state index is -0.454. The third-order valence-electron chi connectivity index (χ3n) is 5.07. The van der Waals surface area contributed by atoms with Gasteiger partial charge in [0.2, 0.25) is 0 Å². The van der Waals surface area contributed by atoms with Crippen LogP contribution in [0.2, 0.25) is 0 Å². The van der Waals surface area contributed by atoms with Crippen molar-refractivity contribution in [1.29, 1.82) is 0 Å². The summed E-state index contributed by atoms with van der Waals surface area (Å²) in [6.07, 6.45) is 1.53. The highest BCUT2D eigenvalue weighted by Gasteiger charge is 2.19. The molecule has 2 N–H and O–H groups in total. The first-order valence-electron chi connectivity index (χ1n) is 9.93. The standard InChI is InChI=1S/C24H21N5O3/c1-16-21(24(32)29(28(16)2)19-11-4-3-5-12-19)27-22(30)17-9-8-10-18(15-17)26-23(31)20-13-6-7-14-25-20/h3-15H,1-2H3,(H,26,31)(H,27,30). The van der Waals surface area contributed by atoms with Gasteiger partial charge in [-0.2, -0.15) is 0 Å². The Morgan fingerprint density at radius 1 is 0.875 bits per heavy atom. The average molecular weight is 427 g/mol. The molecule has 0 saturated carbocycles. The Morgan fingerprint density at radius 2 is 1.62 bits per heavy atom. The zero-order valence-electron chi connectivity index (χ0n) is 17.6. The first-order chi connectivity index (χ1) is 15.5. The summed E-state index contributed by atoms with van der Waals surface area (Å²) in [6, 6.07) is 20.7. The Kier molecular flexibility index (Phi) is 5.67. The van der Waals surface area contributed by atoms with Gasteiger partial charge in [-0.1, -0.05) is 30.3 Å². The third-order valence-corrected chi connectivity index (χ3v) is 5.07. The molecule has 32 heavy (non-hydrogen) atoms. The molecule has 2 heterocycles. The van der Waals surface area contributed by atoms with E-state index in [2.05, 4.69) is 15.6 Å². The number of pyridine rings is 1. The van der Waals surface area contributed by atoms with Crippen LogP contribution in [0, 0.1) is 6.92 Å². The molecule has 0 aliphatic carbocycles. The number of carbonyl (C=O) groups excluding carboxylic acids is 2. The largest absolute Gasteiger partial charge is 0.321 e. The number of anilines is 2. The summed E-state index contributed by atoms with van der Waals surface area (Å²) in [5.41, 5.74) is 2.20. The van der Waals surface area contributed by atoms with Crippen molar-refractivity contribution >= 4 is 23.2 Å². The summed E-state index contributed by atoms with van der Waals surface area (Å²) in [5.74, 6) is -0.835. The van der Waals surface area contributed by atoms with E-state index in [4.69, 9.17) is 0 Å². The second kappa shape index (κ2) is 8.73. The van der Waals surface area contributed by atoms with Crippen molar-refractivity contribution in [3.63, 3.8) is 0 Å². The van der Waals surface area contributed by atoms with E-state index in [1.165, 1.54) is 10.9 Å². The minimum Gasteiger partial charge on any atom is -0.321 e. The molecule has 0 bridgehead atoms. The highest BCUT2D eigenvalue weighted by atomic mass is 16.2. The molecule has 0 aliphatic heterocycles. The van der Waals surface area contributed by atoms with Gasteiger partial charge in [0.15, 0.2) is 0 Å². The van der Waals surface area contributed by atoms with Gasteiger partial charge in [-0.15, -0.1) is 0 Å². The Hall–Kier alpha value is -4.46. The molecule has 8 heteroatoms. The Morgan fingerprint density at radius 3 is 2.34 bits per heavy atom. The van der Waals surface area contributed by atoms with E-state index in [0.717, 1.165) is 0 Å². The van der Waals surface area contributed by atoms with Crippen molar-refractivity contribution in [2.75, 3.05) is 10.6 Å². The lowest BCUT2D eigenvalue weighted by molar-refractivity contribution is 0.101. The zero-order chi connectivity index (χ0) is 22.7. The molecule has 0 fully saturated rings. The number of hydrogen-bond acceptors (Lipinski definition) is 4. The quantitative estimate of drug-likeness (QED) is 0.510. The number of rotatable bonds is 5. The second-order valence-electron chi connectivity index (χ2n) is 7.14. The van der Waals surface area contributed by atoms with E-state index in [9.17, 15) is 14.4 Å². The maximum absolute atomic E-state index is 13.0. The van der Waals surface area contributed by atoms with Crippen LogP contribution in [0.1, 0.15) is 26.5 Å². The van der Waals surface area contributed by atoms with E-state index >= 15 is 0 Å². The predicted octanol–water partition coefficient (Wildman–Crippen LogP) is 3.38. The van der Waals surface area contributed by atoms with Crippen LogP contribution in [0.5, 0.6) is 0 Å². The lowest BCUT2D eigenvalue weighted by Crippen LogP contribution is -2.23. The third kappa shape index (κ3) is 4.06. The molecule has 2 aromatic heterocycles. The van der Waals surface area contributed by atoms with E-state index in [0.29, 0.717) is 22.6 Å². The molecule has 160 valence electrons. The molecule has 0 spiro atoms. The van der Waals surface area contributed by atoms with Crippen LogP contribution >= 0.6 is 0 Å². The minimum absolute atomic E-state index is 0.198. The van der Waals surface area contributed by atoms with Crippen molar-refractivity contribution in [3.8, 4) is 5.69 Å². The van der Waals surface area contributed by atoms with Crippen molar-refractivity contribution in [1.82, 2.24) is 14.3 Å². The van der Waals surface area contributed by atoms with Gasteiger partial charge in [-0.05, 0) is 49.4 Å². The van der Waals surface area contributed by atoms with Gasteiger partial charge >= 0.3 is 0 Å². The molecule has 8 nitrogen and oxygen atoms in total. The molecular weight excluding hydrogens is 406 g/mol. The van der Waals surface area contributed by atoms with Crippen molar-refractivity contribution in [3.05, 3.63) is 106 Å². The van der Waals surface area contributed by atoms with E-state index in [-0.39, 0.29) is 22.8 Å². The van der Waals surface area contributed by atoms with Crippen LogP contribution in [0.4, 0.5) is 11.4 Å². The van der Waals surface area contributed by atoms with Gasteiger partial charge in [0.05, 0.1) is 11.4 Å². The van der Waals surface area contributed by atoms with Crippen molar-refractivity contribution in [2.45, 2.75) is 6.92 Å². The highest BCUT2D eigenvalue weighted by Crippen LogP contribution is 2.17. The number of nitrogens with one attached hydrogen (secondary N) is 2. The SMILES string of the molecule is Cc1c(NC(=O)c2cccc(NC(=O)c3ccccn3)c2)c(=O)n(-c2ccccc2)n1C. The molecular formula is C24H21N5O3. The molecule has 4 aromatic rings. The van der Waals surface area contributed by atoms with Gasteiger partial charge in [0.1, 0.15) is 11.4 Å². The molecule has 2 aromatic carbocycles. The molecule has 0 saturated heterocycles. The summed E-state index contributed by atoms with van der Waals surface area (Å²) >= 11 is 0. The molecule has 2 amide bonds. The lowest BCUT2D eigenvalue weighted by Gasteiger charge is -2.08. The Balaban J connectivity index is 1.57. The fourth-order valence-corrected chi connectivity index (χ4v) is 3.33. The van der Waals surface area contributed by atoms with Crippen molar-refractivity contribution in [2.24, 2.45) is 7.05 Å². The maximum Gasteiger partial charge on any atom is 0.295 e. The number of carbonyl (C=O) groups is 2. The van der Waals surface area contributed by atoms with E-state index in [1.54, 1.807) is 61.1 Å². The monoisotopic (exact) mass is 427 g/mol. The normalized spacial score (nSPS) is 10.6. The molecule has 0 atom stereocenters. The first-order valence-corrected chi connectivity index (χ1v) is 9.93. The average Bonchev–Trinajstić information content (AvgIpc) is 3.03. The van der Waals surface area contributed by atoms with Crippen molar-refractivity contribution < 1.29 is 9.59 Å². The summed E-state index contributed by atoms with van der Waals surface area (Å²) in [4.78, 5) is 42.2. The van der Waals surface area contributed by atoms with Crippen LogP contribution < -0.4 is 16.2 Å². The highest BCUT2D eigenvalue weighted by molar-refractivity contribution is 6.07. The van der Waals surface area contributed by atoms with E-state index < -0.39 is 5.91 Å². The van der Waals surface area contributed by atoms with Crippen LogP contribution in [-0.4, -0.2) is 26.2 Å². The topological polar surface area (TPSA) is 98.0 Å². The number of para-hydroxylation sites is 1. The summed E-state index contributed by atoms with van der Waals surface area (Å²) in [6.45, 7) is 1.76. The molecule has 4 rings (SSSR count). The number of nitrogens with zero attached hydrogens (tertiary/aromatic N) is 3. The zero-order valence-corrected chi connectivity index (χ0v) is 17.6. The summed E-state index contributed by atoms with van der Waals surface area (Å²) in [5, 5.41) is 5.44. The number of aromatic nitrogens is 3. The van der Waals surface area contributed by atoms with Gasteiger partial charge < -0.3 is 10.6 Å². The number of benzene rings is 2. The van der Waals surface area contributed by atoms with Crippen LogP contribution in [-0.2, 0) is 7.05 Å². The lowest BCUT2D eigenvalue weighted by atomic mass is 10.1. The number of amides is 2. The fourth-order valence-electron chi connectivity index (χ4n) is 3.33. The maximum atomic E-state index is 13.0. The molecule has 0 aliphatic rings. The van der Waals surface area contributed by atoms with Crippen LogP contribution in [0.15, 0.2) is 83.8 Å². The first kappa shape index (κ1) is 20.8. The van der Waals surface area contributed by atoms with Crippen LogP contribution in [0.25, 0.3) is 5.69 Å². The predicted molar refractivity (Wildman–Crippen MR) is 122 cm³/mol. The van der Waals surface area contributed by atoms with Crippen LogP contribution in [0.3, 0.4) is 0 Å². The summed E-state index contributed by atoms with van der Waals surface area (Å²) < 4.78 is 3.19. The Labute approximate surface area is 184 Å². The van der Waals surface area contributed by atoms with Gasteiger partial charge in [-0.25, -0.2) is 4.68 Å². The molecule has 0 unspecified atom stereocenters. The van der Waals surface area contributed by atoms with Gasteiger partial charge in [0, 0.05) is 24.5 Å². The second-order valence-corrected chi connectivity index (χ2v) is 7.14. The smallest absolute Gasteiger partial charge is 0.295 e. The number of hydrogen-bond donors (Lipinski definition) is 2. The summed E-state index contributed by atoms with van der Waals surface area (Å²) in [7, 11) is 1.76.